The molecule has 1 aromatic carbocycles. The van der Waals surface area contributed by atoms with Crippen LogP contribution in [0.3, 0.4) is 0 Å². The number of thiophene rings is 1. The van der Waals surface area contributed by atoms with Gasteiger partial charge in [0.2, 0.25) is 0 Å². The monoisotopic (exact) mass is 452 g/mol. The highest BCUT2D eigenvalue weighted by Crippen LogP contribution is 2.45. The van der Waals surface area contributed by atoms with Crippen molar-refractivity contribution < 1.29 is 14.0 Å². The van der Waals surface area contributed by atoms with Crippen molar-refractivity contribution in [3.63, 3.8) is 0 Å². The number of carbonyl (C=O) groups excluding carboxylic acids is 2. The Morgan fingerprint density at radius 3 is 2.66 bits per heavy atom. The molecule has 2 fully saturated rings. The molecule has 8 heteroatoms. The predicted octanol–water partition coefficient (Wildman–Crippen LogP) is 4.51. The highest BCUT2D eigenvalue weighted by atomic mass is 32.1. The molecule has 4 heterocycles. The third-order valence-electron chi connectivity index (χ3n) is 7.27. The minimum Gasteiger partial charge on any atom is -0.335 e. The summed E-state index contributed by atoms with van der Waals surface area (Å²) in [4.78, 5) is 31.9. The number of nitrogens with one attached hydrogen (secondary N) is 1. The van der Waals surface area contributed by atoms with Crippen molar-refractivity contribution in [2.45, 2.75) is 50.4 Å². The molecule has 1 saturated carbocycles. The molecule has 3 amide bonds. The molecule has 0 bridgehead atoms. The number of carbonyl (C=O) groups is 2. The van der Waals surface area contributed by atoms with Gasteiger partial charge in [-0.2, -0.15) is 0 Å². The summed E-state index contributed by atoms with van der Waals surface area (Å²) in [6.07, 6.45) is 5.45. The van der Waals surface area contributed by atoms with E-state index >= 15 is 0 Å². The van der Waals surface area contributed by atoms with Crippen molar-refractivity contribution in [3.8, 4) is 0 Å². The van der Waals surface area contributed by atoms with E-state index in [1.54, 1.807) is 33.3 Å². The number of nitrogens with zero attached hydrogens (tertiary/aromatic N) is 3. The van der Waals surface area contributed by atoms with Gasteiger partial charge in [-0.05, 0) is 42.5 Å². The first-order valence-electron chi connectivity index (χ1n) is 11.3. The van der Waals surface area contributed by atoms with E-state index in [1.165, 1.54) is 18.6 Å². The average molecular weight is 453 g/mol. The fourth-order valence-corrected chi connectivity index (χ4v) is 6.61. The zero-order valence-electron chi connectivity index (χ0n) is 17.7. The summed E-state index contributed by atoms with van der Waals surface area (Å²) in [5.41, 5.74) is 0.429. The van der Waals surface area contributed by atoms with Crippen molar-refractivity contribution in [2.24, 2.45) is 0 Å². The lowest BCUT2D eigenvalue weighted by molar-refractivity contribution is 0.00497. The van der Waals surface area contributed by atoms with Crippen molar-refractivity contribution in [1.82, 2.24) is 19.7 Å². The third-order valence-corrected chi connectivity index (χ3v) is 8.22. The van der Waals surface area contributed by atoms with Gasteiger partial charge in [-0.1, -0.05) is 31.4 Å². The van der Waals surface area contributed by atoms with E-state index in [9.17, 15) is 14.0 Å². The zero-order valence-corrected chi connectivity index (χ0v) is 18.5. The number of hydrogen-bond donors (Lipinski definition) is 1. The summed E-state index contributed by atoms with van der Waals surface area (Å²) >= 11 is 1.59. The van der Waals surface area contributed by atoms with Crippen LogP contribution in [0.25, 0.3) is 10.2 Å². The Hall–Kier alpha value is -2.87. The quantitative estimate of drug-likeness (QED) is 0.622. The average Bonchev–Trinajstić information content (AvgIpc) is 3.49. The number of benzene rings is 1. The molecule has 6 nitrogen and oxygen atoms in total. The standard InChI is InChI=1S/C24H25FN4O2S/c25-18-8-6-17(7-9-18)24-15-27-20(14-16-10-13-32-22(16)27)21(30)28(24)11-12-29(24)23(31)26-19-4-2-1-3-5-19/h6-10,13-14,19H,1-5,11-12,15H2,(H,26,31). The van der Waals surface area contributed by atoms with E-state index < -0.39 is 5.66 Å². The molecular formula is C24H25FN4O2S. The van der Waals surface area contributed by atoms with E-state index in [4.69, 9.17) is 0 Å². The number of amides is 3. The van der Waals surface area contributed by atoms with Gasteiger partial charge in [0, 0.05) is 30.1 Å². The van der Waals surface area contributed by atoms with Crippen LogP contribution in [0.2, 0.25) is 0 Å². The fourth-order valence-electron chi connectivity index (χ4n) is 5.71. The summed E-state index contributed by atoms with van der Waals surface area (Å²) in [5, 5.41) is 6.28. The van der Waals surface area contributed by atoms with Crippen LogP contribution in [0.15, 0.2) is 41.8 Å². The SMILES string of the molecule is O=C(NC1CCCCC1)N1CCN2C(=O)c3cc4ccsc4n3CC12c1ccc(F)cc1. The van der Waals surface area contributed by atoms with Gasteiger partial charge in [0.1, 0.15) is 16.3 Å². The highest BCUT2D eigenvalue weighted by molar-refractivity contribution is 7.16. The normalized spacial score (nSPS) is 23.5. The fraction of sp³-hybridized carbons (Fsp3) is 0.417. The molecule has 166 valence electrons. The van der Waals surface area contributed by atoms with Crippen LogP contribution in [0.5, 0.6) is 0 Å². The number of aromatic nitrogens is 1. The van der Waals surface area contributed by atoms with Crippen LogP contribution in [0.4, 0.5) is 9.18 Å². The van der Waals surface area contributed by atoms with Gasteiger partial charge in [0.25, 0.3) is 5.91 Å². The van der Waals surface area contributed by atoms with Crippen molar-refractivity contribution in [3.05, 3.63) is 58.9 Å². The minimum absolute atomic E-state index is 0.0862. The lowest BCUT2D eigenvalue weighted by Crippen LogP contribution is -2.62. The van der Waals surface area contributed by atoms with Crippen LogP contribution in [-0.2, 0) is 12.2 Å². The van der Waals surface area contributed by atoms with Gasteiger partial charge in [-0.3, -0.25) is 9.69 Å². The molecule has 1 aliphatic carbocycles. The molecule has 2 aromatic heterocycles. The topological polar surface area (TPSA) is 57.6 Å². The molecule has 6 rings (SSSR count). The molecule has 1 N–H and O–H groups in total. The number of rotatable bonds is 2. The predicted molar refractivity (Wildman–Crippen MR) is 121 cm³/mol. The summed E-state index contributed by atoms with van der Waals surface area (Å²) in [5.74, 6) is -0.422. The van der Waals surface area contributed by atoms with Crippen LogP contribution in [-0.4, -0.2) is 45.4 Å². The molecule has 0 radical (unpaired) electrons. The first kappa shape index (κ1) is 19.8. The largest absolute Gasteiger partial charge is 0.335 e. The molecule has 2 aliphatic heterocycles. The maximum atomic E-state index is 13.8. The van der Waals surface area contributed by atoms with Gasteiger partial charge in [0.05, 0.1) is 6.54 Å². The second kappa shape index (κ2) is 7.33. The Balaban J connectivity index is 1.46. The van der Waals surface area contributed by atoms with E-state index in [0.717, 1.165) is 41.5 Å². The molecule has 1 saturated heterocycles. The van der Waals surface area contributed by atoms with Gasteiger partial charge in [0.15, 0.2) is 5.66 Å². The second-order valence-electron chi connectivity index (χ2n) is 9.01. The van der Waals surface area contributed by atoms with Crippen LogP contribution >= 0.6 is 11.3 Å². The van der Waals surface area contributed by atoms with Crippen LogP contribution < -0.4 is 5.32 Å². The third kappa shape index (κ3) is 2.81. The second-order valence-corrected chi connectivity index (χ2v) is 9.91. The summed E-state index contributed by atoms with van der Waals surface area (Å²) in [6, 6.07) is 10.2. The van der Waals surface area contributed by atoms with E-state index in [0.29, 0.717) is 25.3 Å². The lowest BCUT2D eigenvalue weighted by atomic mass is 9.94. The molecule has 3 aliphatic rings. The molecule has 1 unspecified atom stereocenters. The molecular weight excluding hydrogens is 427 g/mol. The Bertz CT molecular complexity index is 1200. The number of halogens is 1. The Labute approximate surface area is 189 Å². The summed E-state index contributed by atoms with van der Waals surface area (Å²) in [7, 11) is 0. The number of fused-ring (bicyclic) bond motifs is 4. The Morgan fingerprint density at radius 2 is 1.88 bits per heavy atom. The molecule has 3 aromatic rings. The van der Waals surface area contributed by atoms with Crippen molar-refractivity contribution >= 4 is 33.5 Å². The Morgan fingerprint density at radius 1 is 1.09 bits per heavy atom. The summed E-state index contributed by atoms with van der Waals surface area (Å²) < 4.78 is 15.9. The van der Waals surface area contributed by atoms with Crippen molar-refractivity contribution in [2.75, 3.05) is 13.1 Å². The minimum atomic E-state index is -0.980. The van der Waals surface area contributed by atoms with Crippen molar-refractivity contribution in [1.29, 1.82) is 0 Å². The van der Waals surface area contributed by atoms with Crippen LogP contribution in [0.1, 0.15) is 48.2 Å². The first-order valence-corrected chi connectivity index (χ1v) is 12.2. The van der Waals surface area contributed by atoms with Crippen LogP contribution in [0, 0.1) is 5.82 Å². The van der Waals surface area contributed by atoms with E-state index in [1.807, 2.05) is 22.1 Å². The maximum Gasteiger partial charge on any atom is 0.319 e. The van der Waals surface area contributed by atoms with Gasteiger partial charge in [-0.25, -0.2) is 9.18 Å². The van der Waals surface area contributed by atoms with E-state index in [2.05, 4.69) is 5.32 Å². The van der Waals surface area contributed by atoms with Gasteiger partial charge in [-0.15, -0.1) is 11.3 Å². The summed E-state index contributed by atoms with van der Waals surface area (Å²) in [6.45, 7) is 1.33. The lowest BCUT2D eigenvalue weighted by Gasteiger charge is -2.47. The number of hydrogen-bond acceptors (Lipinski definition) is 3. The highest BCUT2D eigenvalue weighted by Gasteiger charge is 2.56. The first-order chi connectivity index (χ1) is 15.6. The van der Waals surface area contributed by atoms with Gasteiger partial charge < -0.3 is 14.8 Å². The number of urea groups is 1. The smallest absolute Gasteiger partial charge is 0.319 e. The van der Waals surface area contributed by atoms with E-state index in [-0.39, 0.29) is 23.8 Å². The molecule has 1 atom stereocenters. The molecule has 0 spiro atoms. The molecule has 32 heavy (non-hydrogen) atoms. The Kier molecular flexibility index (Phi) is 4.54. The zero-order chi connectivity index (χ0) is 21.9. The van der Waals surface area contributed by atoms with Gasteiger partial charge >= 0.3 is 6.03 Å². The maximum absolute atomic E-state index is 13.8.